The molecule has 1 aliphatic carbocycles. The van der Waals surface area contributed by atoms with Crippen molar-refractivity contribution in [3.8, 4) is 0 Å². The van der Waals surface area contributed by atoms with Gasteiger partial charge in [-0.05, 0) is 25.9 Å². The highest BCUT2D eigenvalue weighted by Gasteiger charge is 2.19. The summed E-state index contributed by atoms with van der Waals surface area (Å²) in [7, 11) is 3.75. The quantitative estimate of drug-likeness (QED) is 0.594. The first-order chi connectivity index (χ1) is 4.72. The molecule has 0 aliphatic heterocycles. The van der Waals surface area contributed by atoms with Gasteiger partial charge < -0.3 is 5.32 Å². The van der Waals surface area contributed by atoms with Crippen LogP contribution in [0.25, 0.3) is 0 Å². The summed E-state index contributed by atoms with van der Waals surface area (Å²) < 4.78 is 0. The monoisotopic (exact) mass is 143 g/mol. The van der Waals surface area contributed by atoms with E-state index in [0.29, 0.717) is 0 Å². The summed E-state index contributed by atoms with van der Waals surface area (Å²) in [5, 5.41) is 2.75. The van der Waals surface area contributed by atoms with Gasteiger partial charge in [0.15, 0.2) is 0 Å². The van der Waals surface area contributed by atoms with E-state index in [1.807, 2.05) is 14.1 Å². The molecule has 0 unspecified atom stereocenters. The molecule has 0 bridgehead atoms. The van der Waals surface area contributed by atoms with E-state index in [0.717, 1.165) is 11.8 Å². The highest BCUT2D eigenvalue weighted by atomic mass is 14.7. The third-order valence-corrected chi connectivity index (χ3v) is 2.09. The lowest BCUT2D eigenvalue weighted by molar-refractivity contribution is 0.235. The molecule has 10 heavy (non-hydrogen) atoms. The zero-order chi connectivity index (χ0) is 7.98. The SMILES string of the molecule is CC(C)C1CCC1.CNC. The van der Waals surface area contributed by atoms with Crippen molar-refractivity contribution in [3.63, 3.8) is 0 Å². The summed E-state index contributed by atoms with van der Waals surface area (Å²) in [5.74, 6) is 2.04. The Morgan fingerprint density at radius 2 is 1.60 bits per heavy atom. The van der Waals surface area contributed by atoms with E-state index in [2.05, 4.69) is 19.2 Å². The Bertz CT molecular complexity index is 65.1. The van der Waals surface area contributed by atoms with Crippen LogP contribution in [0.1, 0.15) is 33.1 Å². The second kappa shape index (κ2) is 5.72. The van der Waals surface area contributed by atoms with Gasteiger partial charge in [0.2, 0.25) is 0 Å². The van der Waals surface area contributed by atoms with Gasteiger partial charge in [-0.3, -0.25) is 0 Å². The zero-order valence-electron chi connectivity index (χ0n) is 7.78. The van der Waals surface area contributed by atoms with Gasteiger partial charge in [-0.15, -0.1) is 0 Å². The molecule has 0 atom stereocenters. The molecular formula is C9H21N. The molecular weight excluding hydrogens is 122 g/mol. The molecule has 0 aromatic carbocycles. The number of hydrogen-bond acceptors (Lipinski definition) is 1. The van der Waals surface area contributed by atoms with Crippen molar-refractivity contribution in [2.75, 3.05) is 14.1 Å². The summed E-state index contributed by atoms with van der Waals surface area (Å²) in [5.41, 5.74) is 0. The van der Waals surface area contributed by atoms with Crippen LogP contribution in [-0.4, -0.2) is 14.1 Å². The van der Waals surface area contributed by atoms with Gasteiger partial charge in [0.1, 0.15) is 0 Å². The Morgan fingerprint density at radius 3 is 1.60 bits per heavy atom. The highest BCUT2D eigenvalue weighted by molar-refractivity contribution is 4.71. The van der Waals surface area contributed by atoms with Crippen molar-refractivity contribution in [2.45, 2.75) is 33.1 Å². The van der Waals surface area contributed by atoms with Gasteiger partial charge in [0, 0.05) is 0 Å². The number of nitrogens with one attached hydrogen (secondary N) is 1. The van der Waals surface area contributed by atoms with Crippen molar-refractivity contribution < 1.29 is 0 Å². The Balaban J connectivity index is 0.000000236. The van der Waals surface area contributed by atoms with E-state index in [1.165, 1.54) is 19.3 Å². The Morgan fingerprint density at radius 1 is 1.20 bits per heavy atom. The molecule has 0 amide bonds. The molecule has 0 radical (unpaired) electrons. The Kier molecular flexibility index (Phi) is 5.70. The molecule has 0 aromatic heterocycles. The van der Waals surface area contributed by atoms with Crippen molar-refractivity contribution in [2.24, 2.45) is 11.8 Å². The summed E-state index contributed by atoms with van der Waals surface area (Å²) >= 11 is 0. The number of rotatable bonds is 1. The maximum absolute atomic E-state index is 2.75. The molecule has 62 valence electrons. The summed E-state index contributed by atoms with van der Waals surface area (Å²) in [6.45, 7) is 4.65. The molecule has 1 rings (SSSR count). The maximum atomic E-state index is 2.75. The average Bonchev–Trinajstić information content (AvgIpc) is 1.59. The maximum Gasteiger partial charge on any atom is -0.0167 e. The van der Waals surface area contributed by atoms with Crippen LogP contribution < -0.4 is 5.32 Å². The van der Waals surface area contributed by atoms with E-state index in [9.17, 15) is 0 Å². The molecule has 0 saturated heterocycles. The average molecular weight is 143 g/mol. The first-order valence-corrected chi connectivity index (χ1v) is 4.30. The lowest BCUT2D eigenvalue weighted by Crippen LogP contribution is -2.16. The zero-order valence-corrected chi connectivity index (χ0v) is 7.78. The number of hydrogen-bond donors (Lipinski definition) is 1. The van der Waals surface area contributed by atoms with Crippen LogP contribution >= 0.6 is 0 Å². The molecule has 1 N–H and O–H groups in total. The fourth-order valence-corrected chi connectivity index (χ4v) is 1.11. The standard InChI is InChI=1S/C7H14.C2H7N/c1-6(2)7-4-3-5-7;1-3-2/h6-7H,3-5H2,1-2H3;3H,1-2H3. The lowest BCUT2D eigenvalue weighted by Gasteiger charge is -2.28. The van der Waals surface area contributed by atoms with Crippen LogP contribution in [0.3, 0.4) is 0 Å². The minimum atomic E-state index is 0.953. The predicted molar refractivity (Wildman–Crippen MR) is 47.2 cm³/mol. The predicted octanol–water partition coefficient (Wildman–Crippen LogP) is 2.28. The van der Waals surface area contributed by atoms with Crippen LogP contribution in [-0.2, 0) is 0 Å². The van der Waals surface area contributed by atoms with Crippen molar-refractivity contribution in [3.05, 3.63) is 0 Å². The van der Waals surface area contributed by atoms with Gasteiger partial charge >= 0.3 is 0 Å². The van der Waals surface area contributed by atoms with Crippen LogP contribution in [0.15, 0.2) is 0 Å². The second-order valence-electron chi connectivity index (χ2n) is 3.44. The first kappa shape index (κ1) is 9.96. The van der Waals surface area contributed by atoms with Crippen LogP contribution in [0, 0.1) is 11.8 Å². The molecule has 1 aliphatic rings. The van der Waals surface area contributed by atoms with Crippen LogP contribution in [0.4, 0.5) is 0 Å². The fourth-order valence-electron chi connectivity index (χ4n) is 1.11. The van der Waals surface area contributed by atoms with E-state index in [-0.39, 0.29) is 0 Å². The molecule has 1 nitrogen and oxygen atoms in total. The molecule has 0 heterocycles. The van der Waals surface area contributed by atoms with Crippen LogP contribution in [0.5, 0.6) is 0 Å². The van der Waals surface area contributed by atoms with Crippen molar-refractivity contribution >= 4 is 0 Å². The summed E-state index contributed by atoms with van der Waals surface area (Å²) in [4.78, 5) is 0. The minimum Gasteiger partial charge on any atom is -0.323 e. The molecule has 1 fully saturated rings. The van der Waals surface area contributed by atoms with Gasteiger partial charge in [-0.2, -0.15) is 0 Å². The molecule has 0 spiro atoms. The van der Waals surface area contributed by atoms with Gasteiger partial charge in [0.05, 0.1) is 0 Å². The molecule has 1 saturated carbocycles. The van der Waals surface area contributed by atoms with Gasteiger partial charge in [-0.25, -0.2) is 0 Å². The van der Waals surface area contributed by atoms with E-state index in [4.69, 9.17) is 0 Å². The summed E-state index contributed by atoms with van der Waals surface area (Å²) in [6, 6.07) is 0. The molecule has 0 aromatic rings. The third-order valence-electron chi connectivity index (χ3n) is 2.09. The minimum absolute atomic E-state index is 0.953. The Labute approximate surface area is 65.2 Å². The first-order valence-electron chi connectivity index (χ1n) is 4.30. The van der Waals surface area contributed by atoms with Gasteiger partial charge in [-0.1, -0.05) is 33.1 Å². The van der Waals surface area contributed by atoms with E-state index in [1.54, 1.807) is 0 Å². The Hall–Kier alpha value is -0.0400. The van der Waals surface area contributed by atoms with E-state index >= 15 is 0 Å². The normalized spacial score (nSPS) is 17.7. The van der Waals surface area contributed by atoms with E-state index < -0.39 is 0 Å². The lowest BCUT2D eigenvalue weighted by atomic mass is 9.78. The molecule has 1 heteroatoms. The topological polar surface area (TPSA) is 12.0 Å². The fraction of sp³-hybridized carbons (Fsp3) is 1.00. The highest BCUT2D eigenvalue weighted by Crippen LogP contribution is 2.32. The van der Waals surface area contributed by atoms with Crippen molar-refractivity contribution in [1.29, 1.82) is 0 Å². The van der Waals surface area contributed by atoms with Gasteiger partial charge in [0.25, 0.3) is 0 Å². The second-order valence-corrected chi connectivity index (χ2v) is 3.44. The smallest absolute Gasteiger partial charge is 0.0167 e. The third kappa shape index (κ3) is 3.89. The largest absolute Gasteiger partial charge is 0.323 e. The van der Waals surface area contributed by atoms with Crippen molar-refractivity contribution in [1.82, 2.24) is 5.32 Å². The summed E-state index contributed by atoms with van der Waals surface area (Å²) in [6.07, 6.45) is 4.48. The van der Waals surface area contributed by atoms with Crippen LogP contribution in [0.2, 0.25) is 0 Å².